The average molecular weight is 529 g/mol. The smallest absolute Gasteiger partial charge is 0.240 e. The summed E-state index contributed by atoms with van der Waals surface area (Å²) >= 11 is 6.08. The molecule has 0 radical (unpaired) electrons. The van der Waals surface area contributed by atoms with Gasteiger partial charge in [0.1, 0.15) is 12.1 Å². The van der Waals surface area contributed by atoms with Gasteiger partial charge in [0.15, 0.2) is 0 Å². The zero-order valence-corrected chi connectivity index (χ0v) is 22.2. The standard InChI is InChI=1S/C27H37ClN6O3/c1-19-16-23(35)25-24(19)26(31-18-30-25)33-8-10-34(11-9-33)27(36)22(17-20-2-4-21(28)5-3-20)29-6-7-32-12-14-37-15-13-32/h2-5,18-19,22-23,29,35H,6-17H2,1H3/t19-,22-,23-/m1/s1. The van der Waals surface area contributed by atoms with Crippen molar-refractivity contribution in [3.8, 4) is 0 Å². The Balaban J connectivity index is 1.22. The molecule has 2 fully saturated rings. The SMILES string of the molecule is C[C@@H]1C[C@@H](O)c2ncnc(N3CCN(C(=O)[C@@H](Cc4ccc(Cl)cc4)NCCN4CCOCC4)CC3)c21. The van der Waals surface area contributed by atoms with E-state index in [1.165, 1.54) is 0 Å². The first kappa shape index (κ1) is 26.3. The van der Waals surface area contributed by atoms with Crippen LogP contribution in [0.4, 0.5) is 5.82 Å². The predicted molar refractivity (Wildman–Crippen MR) is 143 cm³/mol. The van der Waals surface area contributed by atoms with E-state index in [1.54, 1.807) is 6.33 Å². The van der Waals surface area contributed by atoms with Gasteiger partial charge in [0.2, 0.25) is 5.91 Å². The molecule has 2 aromatic rings. The van der Waals surface area contributed by atoms with Crippen LogP contribution in [0, 0.1) is 0 Å². The van der Waals surface area contributed by atoms with Gasteiger partial charge in [-0.25, -0.2) is 9.97 Å². The molecule has 37 heavy (non-hydrogen) atoms. The summed E-state index contributed by atoms with van der Waals surface area (Å²) in [4.78, 5) is 29.2. The number of hydrogen-bond donors (Lipinski definition) is 2. The van der Waals surface area contributed by atoms with E-state index < -0.39 is 6.10 Å². The van der Waals surface area contributed by atoms with Crippen LogP contribution in [0.25, 0.3) is 0 Å². The lowest BCUT2D eigenvalue weighted by Gasteiger charge is -2.38. The first-order chi connectivity index (χ1) is 18.0. The normalized spacial score (nSPS) is 23.2. The third-order valence-corrected chi connectivity index (χ3v) is 8.00. The van der Waals surface area contributed by atoms with E-state index in [1.807, 2.05) is 29.2 Å². The van der Waals surface area contributed by atoms with Crippen LogP contribution in [-0.2, 0) is 16.0 Å². The molecule has 3 aliphatic rings. The molecule has 2 saturated heterocycles. The number of anilines is 1. The number of nitrogens with zero attached hydrogens (tertiary/aromatic N) is 5. The zero-order chi connectivity index (χ0) is 25.8. The topological polar surface area (TPSA) is 94.1 Å². The summed E-state index contributed by atoms with van der Waals surface area (Å²) in [5, 5.41) is 14.6. The second-order valence-electron chi connectivity index (χ2n) is 10.3. The summed E-state index contributed by atoms with van der Waals surface area (Å²) in [6.07, 6.45) is 2.33. The molecule has 1 aliphatic carbocycles. The van der Waals surface area contributed by atoms with Gasteiger partial charge < -0.3 is 25.0 Å². The van der Waals surface area contributed by atoms with Gasteiger partial charge >= 0.3 is 0 Å². The number of halogens is 1. The number of aliphatic hydroxyl groups excluding tert-OH is 1. The van der Waals surface area contributed by atoms with Crippen molar-refractivity contribution >= 4 is 23.3 Å². The van der Waals surface area contributed by atoms with Crippen molar-refractivity contribution in [3.63, 3.8) is 0 Å². The van der Waals surface area contributed by atoms with Gasteiger partial charge in [-0.15, -0.1) is 0 Å². The number of morpholine rings is 1. The second kappa shape index (κ2) is 12.0. The number of amides is 1. The number of hydrogen-bond acceptors (Lipinski definition) is 8. The maximum atomic E-state index is 13.7. The molecule has 3 atom stereocenters. The Morgan fingerprint density at radius 2 is 1.86 bits per heavy atom. The lowest BCUT2D eigenvalue weighted by atomic mass is 10.0. The van der Waals surface area contributed by atoms with Crippen LogP contribution in [0.5, 0.6) is 0 Å². The predicted octanol–water partition coefficient (Wildman–Crippen LogP) is 1.85. The molecule has 0 unspecified atom stereocenters. The fraction of sp³-hybridized carbons (Fsp3) is 0.593. The van der Waals surface area contributed by atoms with Crippen LogP contribution in [0.2, 0.25) is 5.02 Å². The number of aromatic nitrogens is 2. The third kappa shape index (κ3) is 6.23. The minimum absolute atomic E-state index is 0.133. The summed E-state index contributed by atoms with van der Waals surface area (Å²) in [6.45, 7) is 9.85. The fourth-order valence-corrected chi connectivity index (χ4v) is 5.76. The molecule has 200 valence electrons. The Kier molecular flexibility index (Phi) is 8.56. The van der Waals surface area contributed by atoms with E-state index in [0.717, 1.165) is 62.0 Å². The van der Waals surface area contributed by atoms with Crippen LogP contribution < -0.4 is 10.2 Å². The maximum Gasteiger partial charge on any atom is 0.240 e. The Labute approximate surface area is 223 Å². The highest BCUT2D eigenvalue weighted by Crippen LogP contribution is 2.42. The number of piperazine rings is 1. The van der Waals surface area contributed by atoms with Crippen molar-refractivity contribution in [2.75, 3.05) is 70.5 Å². The van der Waals surface area contributed by atoms with Gasteiger partial charge in [0.05, 0.1) is 31.1 Å². The van der Waals surface area contributed by atoms with Gasteiger partial charge in [0.25, 0.3) is 0 Å². The van der Waals surface area contributed by atoms with Crippen LogP contribution in [0.15, 0.2) is 30.6 Å². The highest BCUT2D eigenvalue weighted by molar-refractivity contribution is 6.30. The molecule has 2 aliphatic heterocycles. The number of nitrogens with one attached hydrogen (secondary N) is 1. The van der Waals surface area contributed by atoms with E-state index >= 15 is 0 Å². The first-order valence-corrected chi connectivity index (χ1v) is 13.7. The van der Waals surface area contributed by atoms with Crippen molar-refractivity contribution in [2.24, 2.45) is 0 Å². The van der Waals surface area contributed by atoms with Crippen molar-refractivity contribution < 1.29 is 14.6 Å². The molecule has 0 bridgehead atoms. The van der Waals surface area contributed by atoms with Gasteiger partial charge in [-0.3, -0.25) is 9.69 Å². The number of aliphatic hydroxyl groups is 1. The number of carbonyl (C=O) groups is 1. The first-order valence-electron chi connectivity index (χ1n) is 13.3. The lowest BCUT2D eigenvalue weighted by Crippen LogP contribution is -2.55. The van der Waals surface area contributed by atoms with Crippen molar-refractivity contribution in [1.29, 1.82) is 0 Å². The summed E-state index contributed by atoms with van der Waals surface area (Å²) in [7, 11) is 0. The molecule has 1 aromatic heterocycles. The summed E-state index contributed by atoms with van der Waals surface area (Å²) in [5.41, 5.74) is 2.90. The van der Waals surface area contributed by atoms with Crippen molar-refractivity contribution in [2.45, 2.75) is 37.8 Å². The Hall–Kier alpha value is -2.30. The maximum absolute atomic E-state index is 13.7. The Morgan fingerprint density at radius 3 is 2.59 bits per heavy atom. The van der Waals surface area contributed by atoms with Crippen LogP contribution in [0.3, 0.4) is 0 Å². The quantitative estimate of drug-likeness (QED) is 0.536. The van der Waals surface area contributed by atoms with E-state index in [4.69, 9.17) is 16.3 Å². The van der Waals surface area contributed by atoms with Crippen LogP contribution in [-0.4, -0.2) is 102 Å². The van der Waals surface area contributed by atoms with E-state index in [0.29, 0.717) is 44.0 Å². The molecule has 0 saturated carbocycles. The van der Waals surface area contributed by atoms with Crippen molar-refractivity contribution in [3.05, 3.63) is 52.4 Å². The second-order valence-corrected chi connectivity index (χ2v) is 10.7. The molecule has 0 spiro atoms. The van der Waals surface area contributed by atoms with Gasteiger partial charge in [-0.05, 0) is 36.5 Å². The summed E-state index contributed by atoms with van der Waals surface area (Å²) < 4.78 is 5.45. The minimum Gasteiger partial charge on any atom is -0.387 e. The van der Waals surface area contributed by atoms with Gasteiger partial charge in [-0.1, -0.05) is 30.7 Å². The molecule has 3 heterocycles. The highest BCUT2D eigenvalue weighted by atomic mass is 35.5. The number of fused-ring (bicyclic) bond motifs is 1. The van der Waals surface area contributed by atoms with E-state index in [9.17, 15) is 9.90 Å². The molecule has 9 nitrogen and oxygen atoms in total. The van der Waals surface area contributed by atoms with E-state index in [-0.39, 0.29) is 17.9 Å². The molecule has 2 N–H and O–H groups in total. The van der Waals surface area contributed by atoms with Crippen LogP contribution in [0.1, 0.15) is 42.2 Å². The molecular formula is C27H37ClN6O3. The zero-order valence-electron chi connectivity index (χ0n) is 21.5. The largest absolute Gasteiger partial charge is 0.387 e. The number of rotatable bonds is 8. The van der Waals surface area contributed by atoms with Crippen LogP contribution >= 0.6 is 11.6 Å². The molecule has 1 aromatic carbocycles. The number of benzene rings is 1. The summed E-state index contributed by atoms with van der Waals surface area (Å²) in [5.74, 6) is 1.26. The fourth-order valence-electron chi connectivity index (χ4n) is 5.64. The minimum atomic E-state index is -0.522. The third-order valence-electron chi connectivity index (χ3n) is 7.74. The molecular weight excluding hydrogens is 492 g/mol. The molecule has 5 rings (SSSR count). The number of ether oxygens (including phenoxy) is 1. The highest BCUT2D eigenvalue weighted by Gasteiger charge is 2.34. The average Bonchev–Trinajstić information content (AvgIpc) is 3.23. The molecule has 10 heteroatoms. The Bertz CT molecular complexity index is 1060. The molecule has 1 amide bonds. The van der Waals surface area contributed by atoms with E-state index in [2.05, 4.69) is 32.0 Å². The van der Waals surface area contributed by atoms with Crippen molar-refractivity contribution in [1.82, 2.24) is 25.1 Å². The lowest BCUT2D eigenvalue weighted by molar-refractivity contribution is -0.133. The monoisotopic (exact) mass is 528 g/mol. The van der Waals surface area contributed by atoms with Gasteiger partial charge in [0, 0.05) is 62.9 Å². The summed E-state index contributed by atoms with van der Waals surface area (Å²) in [6, 6.07) is 7.45. The van der Waals surface area contributed by atoms with Gasteiger partial charge in [-0.2, -0.15) is 0 Å². The Morgan fingerprint density at radius 1 is 1.14 bits per heavy atom. The number of carbonyl (C=O) groups excluding carboxylic acids is 1.